The van der Waals surface area contributed by atoms with Gasteiger partial charge < -0.3 is 4.57 Å². The molecule has 0 atom stereocenters. The van der Waals surface area contributed by atoms with Crippen molar-refractivity contribution in [2.24, 2.45) is 4.99 Å². The normalized spacial score (nSPS) is 13.6. The first kappa shape index (κ1) is 12.0. The molecule has 102 valence electrons. The van der Waals surface area contributed by atoms with E-state index < -0.39 is 0 Å². The Hall–Kier alpha value is -2.75. The molecule has 2 aromatic heterocycles. The Bertz CT molecular complexity index is 788. The fourth-order valence-electron chi connectivity index (χ4n) is 2.78. The van der Waals surface area contributed by atoms with Gasteiger partial charge in [-0.1, -0.05) is 30.3 Å². The summed E-state index contributed by atoms with van der Waals surface area (Å²) in [6, 6.07) is 14.6. The third kappa shape index (κ3) is 2.05. The average molecular weight is 274 g/mol. The van der Waals surface area contributed by atoms with Crippen molar-refractivity contribution in [1.29, 1.82) is 0 Å². The van der Waals surface area contributed by atoms with Gasteiger partial charge in [-0.2, -0.15) is 0 Å². The molecule has 0 unspecified atom stereocenters. The monoisotopic (exact) mass is 274 g/mol. The van der Waals surface area contributed by atoms with Gasteiger partial charge in [0.15, 0.2) is 0 Å². The van der Waals surface area contributed by atoms with Crippen LogP contribution in [0.15, 0.2) is 66.2 Å². The smallest absolute Gasteiger partial charge is 0.115 e. The van der Waals surface area contributed by atoms with Gasteiger partial charge >= 0.3 is 0 Å². The van der Waals surface area contributed by atoms with E-state index in [4.69, 9.17) is 4.99 Å². The highest BCUT2D eigenvalue weighted by Crippen LogP contribution is 2.25. The van der Waals surface area contributed by atoms with Crippen LogP contribution >= 0.6 is 0 Å². The molecule has 3 aromatic rings. The van der Waals surface area contributed by atoms with Crippen LogP contribution in [0, 0.1) is 0 Å². The van der Waals surface area contributed by atoms with E-state index in [1.54, 1.807) is 6.33 Å². The second-order valence-corrected chi connectivity index (χ2v) is 4.98. The second-order valence-electron chi connectivity index (χ2n) is 4.98. The molecule has 1 aliphatic heterocycles. The Morgan fingerprint density at radius 1 is 0.810 bits per heavy atom. The van der Waals surface area contributed by atoms with Crippen LogP contribution in [0.1, 0.15) is 11.3 Å². The number of hydrogen-bond acceptors (Lipinski definition) is 3. The molecule has 0 radical (unpaired) electrons. The van der Waals surface area contributed by atoms with Crippen molar-refractivity contribution in [1.82, 2.24) is 14.5 Å². The number of fused-ring (bicyclic) bond motifs is 1. The van der Waals surface area contributed by atoms with E-state index in [-0.39, 0.29) is 0 Å². The lowest BCUT2D eigenvalue weighted by Crippen LogP contribution is -2.19. The van der Waals surface area contributed by atoms with Gasteiger partial charge in [-0.25, -0.2) is 9.97 Å². The number of aromatic nitrogens is 3. The highest BCUT2D eigenvalue weighted by atomic mass is 15.1. The molecule has 0 saturated carbocycles. The lowest BCUT2D eigenvalue weighted by atomic mass is 10.1. The summed E-state index contributed by atoms with van der Waals surface area (Å²) >= 11 is 0. The number of rotatable bonds is 2. The number of benzene rings is 1. The summed E-state index contributed by atoms with van der Waals surface area (Å²) in [4.78, 5) is 12.9. The summed E-state index contributed by atoms with van der Waals surface area (Å²) in [5, 5.41) is 0. The first-order valence-corrected chi connectivity index (χ1v) is 6.98. The predicted octanol–water partition coefficient (Wildman–Crippen LogP) is 2.80. The van der Waals surface area contributed by atoms with Crippen LogP contribution in [0.4, 0.5) is 0 Å². The summed E-state index contributed by atoms with van der Waals surface area (Å²) < 4.78 is 2.30. The van der Waals surface area contributed by atoms with Gasteiger partial charge in [0.05, 0.1) is 23.6 Å². The molecule has 21 heavy (non-hydrogen) atoms. The van der Waals surface area contributed by atoms with E-state index in [2.05, 4.69) is 38.8 Å². The number of hydrogen-bond donors (Lipinski definition) is 0. The van der Waals surface area contributed by atoms with Crippen molar-refractivity contribution in [3.8, 4) is 11.3 Å². The summed E-state index contributed by atoms with van der Waals surface area (Å²) in [5.41, 5.74) is 5.57. The minimum Gasteiger partial charge on any atom is -0.337 e. The zero-order valence-corrected chi connectivity index (χ0v) is 11.5. The molecular weight excluding hydrogens is 260 g/mol. The molecular formula is C17H14N4. The minimum atomic E-state index is 0.798. The van der Waals surface area contributed by atoms with Crippen LogP contribution in [0.3, 0.4) is 0 Å². The van der Waals surface area contributed by atoms with Crippen LogP contribution in [-0.2, 0) is 6.54 Å². The SMILES string of the molecule is c1ccc(C2=NCCn3c2ccc3-c2cncnc2)cc1. The number of nitrogens with zero attached hydrogens (tertiary/aromatic N) is 4. The van der Waals surface area contributed by atoms with Crippen molar-refractivity contribution in [3.63, 3.8) is 0 Å². The van der Waals surface area contributed by atoms with Gasteiger partial charge in [0.2, 0.25) is 0 Å². The quantitative estimate of drug-likeness (QED) is 0.721. The molecule has 1 aliphatic rings. The van der Waals surface area contributed by atoms with Gasteiger partial charge in [-0.15, -0.1) is 0 Å². The van der Waals surface area contributed by atoms with Crippen molar-refractivity contribution >= 4 is 5.71 Å². The van der Waals surface area contributed by atoms with E-state index in [0.29, 0.717) is 0 Å². The number of aliphatic imine (C=N–C) groups is 1. The Labute approximate surface area is 122 Å². The zero-order chi connectivity index (χ0) is 14.1. The first-order chi connectivity index (χ1) is 10.4. The Kier molecular flexibility index (Phi) is 2.85. The minimum absolute atomic E-state index is 0.798. The lowest BCUT2D eigenvalue weighted by Gasteiger charge is -2.19. The van der Waals surface area contributed by atoms with Gasteiger partial charge in [0.1, 0.15) is 6.33 Å². The summed E-state index contributed by atoms with van der Waals surface area (Å²) in [7, 11) is 0. The molecule has 0 saturated heterocycles. The van der Waals surface area contributed by atoms with Gasteiger partial charge in [-0.05, 0) is 12.1 Å². The van der Waals surface area contributed by atoms with Crippen molar-refractivity contribution in [3.05, 3.63) is 72.4 Å². The molecule has 0 amide bonds. The standard InChI is InChI=1S/C17H14N4/c1-2-4-13(5-3-1)17-16-7-6-15(21(16)9-8-20-17)14-10-18-12-19-11-14/h1-7,10-12H,8-9H2. The fourth-order valence-corrected chi connectivity index (χ4v) is 2.78. The van der Waals surface area contributed by atoms with E-state index >= 15 is 0 Å². The summed E-state index contributed by atoms with van der Waals surface area (Å²) in [6.07, 6.45) is 5.26. The Balaban J connectivity index is 1.83. The van der Waals surface area contributed by atoms with Crippen LogP contribution in [0.2, 0.25) is 0 Å². The molecule has 0 spiro atoms. The largest absolute Gasteiger partial charge is 0.337 e. The molecule has 0 N–H and O–H groups in total. The molecule has 4 nitrogen and oxygen atoms in total. The van der Waals surface area contributed by atoms with Crippen LogP contribution in [0.25, 0.3) is 11.3 Å². The highest BCUT2D eigenvalue weighted by Gasteiger charge is 2.19. The summed E-state index contributed by atoms with van der Waals surface area (Å²) in [6.45, 7) is 1.69. The van der Waals surface area contributed by atoms with Crippen LogP contribution in [0.5, 0.6) is 0 Å². The molecule has 0 fully saturated rings. The van der Waals surface area contributed by atoms with E-state index in [0.717, 1.165) is 41.3 Å². The van der Waals surface area contributed by atoms with Crippen LogP contribution in [-0.4, -0.2) is 26.8 Å². The fraction of sp³-hybridized carbons (Fsp3) is 0.118. The van der Waals surface area contributed by atoms with Crippen molar-refractivity contribution in [2.45, 2.75) is 6.54 Å². The molecule has 1 aromatic carbocycles. The Morgan fingerprint density at radius 2 is 1.57 bits per heavy atom. The molecule has 0 bridgehead atoms. The average Bonchev–Trinajstić information content (AvgIpc) is 3.00. The van der Waals surface area contributed by atoms with E-state index in [9.17, 15) is 0 Å². The Morgan fingerprint density at radius 3 is 2.38 bits per heavy atom. The van der Waals surface area contributed by atoms with Crippen LogP contribution < -0.4 is 0 Å². The molecule has 3 heterocycles. The molecule has 4 heteroatoms. The van der Waals surface area contributed by atoms with Gasteiger partial charge in [0.25, 0.3) is 0 Å². The molecule has 4 rings (SSSR count). The lowest BCUT2D eigenvalue weighted by molar-refractivity contribution is 0.696. The highest BCUT2D eigenvalue weighted by molar-refractivity contribution is 6.12. The predicted molar refractivity (Wildman–Crippen MR) is 82.4 cm³/mol. The first-order valence-electron chi connectivity index (χ1n) is 6.98. The third-order valence-electron chi connectivity index (χ3n) is 3.72. The van der Waals surface area contributed by atoms with Crippen molar-refractivity contribution < 1.29 is 0 Å². The van der Waals surface area contributed by atoms with E-state index in [1.165, 1.54) is 0 Å². The zero-order valence-electron chi connectivity index (χ0n) is 11.5. The topological polar surface area (TPSA) is 43.1 Å². The third-order valence-corrected chi connectivity index (χ3v) is 3.72. The second kappa shape index (κ2) is 4.98. The van der Waals surface area contributed by atoms with Crippen molar-refractivity contribution in [2.75, 3.05) is 6.54 Å². The summed E-state index contributed by atoms with van der Waals surface area (Å²) in [5.74, 6) is 0. The van der Waals surface area contributed by atoms with Gasteiger partial charge in [-0.3, -0.25) is 4.99 Å². The maximum absolute atomic E-state index is 4.71. The van der Waals surface area contributed by atoms with Gasteiger partial charge in [0, 0.05) is 30.1 Å². The maximum atomic E-state index is 4.71. The van der Waals surface area contributed by atoms with E-state index in [1.807, 2.05) is 30.6 Å². The maximum Gasteiger partial charge on any atom is 0.115 e. The molecule has 0 aliphatic carbocycles.